The highest BCUT2D eigenvalue weighted by Crippen LogP contribution is 2.26. The van der Waals surface area contributed by atoms with Gasteiger partial charge >= 0.3 is 0 Å². The number of aliphatic hydroxyl groups excluding tert-OH is 1. The van der Waals surface area contributed by atoms with E-state index in [1.807, 2.05) is 0 Å². The summed E-state index contributed by atoms with van der Waals surface area (Å²) in [5, 5.41) is 23.9. The number of amides is 1. The molecule has 0 saturated carbocycles. The molecule has 1 aliphatic rings. The van der Waals surface area contributed by atoms with Crippen molar-refractivity contribution in [1.82, 2.24) is 14.7 Å². The average Bonchev–Trinajstić information content (AvgIpc) is 3.09. The maximum atomic E-state index is 12.6. The van der Waals surface area contributed by atoms with E-state index in [-0.39, 0.29) is 19.1 Å². The lowest BCUT2D eigenvalue weighted by Crippen LogP contribution is -2.52. The molecule has 2 aromatic rings. The van der Waals surface area contributed by atoms with Crippen molar-refractivity contribution in [1.29, 1.82) is 0 Å². The Labute approximate surface area is 138 Å². The van der Waals surface area contributed by atoms with Gasteiger partial charge in [-0.1, -0.05) is 11.6 Å². The fourth-order valence-electron chi connectivity index (χ4n) is 2.83. The van der Waals surface area contributed by atoms with E-state index in [0.29, 0.717) is 30.0 Å². The first-order chi connectivity index (χ1) is 11.0. The van der Waals surface area contributed by atoms with Gasteiger partial charge in [-0.2, -0.15) is 5.10 Å². The number of hydrogen-bond donors (Lipinski definition) is 2. The Bertz CT molecular complexity index is 705. The summed E-state index contributed by atoms with van der Waals surface area (Å²) < 4.78 is 1.66. The zero-order chi connectivity index (χ0) is 16.4. The fourth-order valence-corrected chi connectivity index (χ4v) is 3.08. The molecule has 1 amide bonds. The van der Waals surface area contributed by atoms with Crippen LogP contribution in [0.1, 0.15) is 23.2 Å². The quantitative estimate of drug-likeness (QED) is 0.890. The number of carbonyl (C=O) groups excluding carboxylic acids is 1. The van der Waals surface area contributed by atoms with Gasteiger partial charge in [0.05, 0.1) is 29.4 Å². The minimum atomic E-state index is -1.23. The number of β-amino-alcohol motifs (C(OH)–C–C–N with tert-alkyl or cyclic N) is 1. The van der Waals surface area contributed by atoms with E-state index < -0.39 is 5.60 Å². The SMILES string of the molecule is O=C(c1ccc(-n2cccn2)cc1Cl)N1CCCC(O)(CO)C1. The summed E-state index contributed by atoms with van der Waals surface area (Å²) in [4.78, 5) is 14.2. The molecule has 1 aromatic carbocycles. The van der Waals surface area contributed by atoms with Crippen molar-refractivity contribution < 1.29 is 15.0 Å². The molecule has 6 nitrogen and oxygen atoms in total. The summed E-state index contributed by atoms with van der Waals surface area (Å²) in [6.07, 6.45) is 4.58. The van der Waals surface area contributed by atoms with Gasteiger partial charge in [0, 0.05) is 18.9 Å². The van der Waals surface area contributed by atoms with Gasteiger partial charge in [0.15, 0.2) is 0 Å². The van der Waals surface area contributed by atoms with Gasteiger partial charge in [-0.15, -0.1) is 0 Å². The third kappa shape index (κ3) is 3.24. The van der Waals surface area contributed by atoms with Crippen LogP contribution in [0.5, 0.6) is 0 Å². The van der Waals surface area contributed by atoms with Gasteiger partial charge in [-0.05, 0) is 37.1 Å². The van der Waals surface area contributed by atoms with Crippen LogP contribution >= 0.6 is 11.6 Å². The molecule has 2 heterocycles. The van der Waals surface area contributed by atoms with Crippen molar-refractivity contribution in [3.63, 3.8) is 0 Å². The molecular weight excluding hydrogens is 318 g/mol. The van der Waals surface area contributed by atoms with Crippen molar-refractivity contribution in [3.05, 3.63) is 47.2 Å². The number of halogens is 1. The van der Waals surface area contributed by atoms with Crippen LogP contribution in [-0.2, 0) is 0 Å². The molecule has 1 atom stereocenters. The number of benzene rings is 1. The molecule has 122 valence electrons. The topological polar surface area (TPSA) is 78.6 Å². The molecule has 0 radical (unpaired) electrons. The van der Waals surface area contributed by atoms with Gasteiger partial charge in [0.25, 0.3) is 5.91 Å². The summed E-state index contributed by atoms with van der Waals surface area (Å²) in [5.41, 5.74) is -0.0816. The highest BCUT2D eigenvalue weighted by atomic mass is 35.5. The summed E-state index contributed by atoms with van der Waals surface area (Å²) >= 11 is 6.26. The van der Waals surface area contributed by atoms with Crippen LogP contribution in [0.3, 0.4) is 0 Å². The van der Waals surface area contributed by atoms with Crippen LogP contribution in [0, 0.1) is 0 Å². The van der Waals surface area contributed by atoms with Crippen LogP contribution < -0.4 is 0 Å². The van der Waals surface area contributed by atoms with Gasteiger partial charge in [-0.25, -0.2) is 4.68 Å². The van der Waals surface area contributed by atoms with E-state index >= 15 is 0 Å². The van der Waals surface area contributed by atoms with E-state index in [2.05, 4.69) is 5.10 Å². The number of aliphatic hydroxyl groups is 2. The summed E-state index contributed by atoms with van der Waals surface area (Å²) in [6, 6.07) is 6.92. The largest absolute Gasteiger partial charge is 0.393 e. The van der Waals surface area contributed by atoms with Crippen LogP contribution in [0.25, 0.3) is 5.69 Å². The van der Waals surface area contributed by atoms with Crippen LogP contribution in [0.2, 0.25) is 5.02 Å². The average molecular weight is 336 g/mol. The molecule has 1 aromatic heterocycles. The monoisotopic (exact) mass is 335 g/mol. The van der Waals surface area contributed by atoms with Gasteiger partial charge in [-0.3, -0.25) is 4.79 Å². The molecule has 7 heteroatoms. The van der Waals surface area contributed by atoms with Crippen LogP contribution in [-0.4, -0.2) is 56.1 Å². The van der Waals surface area contributed by atoms with Crippen LogP contribution in [0.15, 0.2) is 36.7 Å². The normalized spacial score (nSPS) is 21.4. The second-order valence-electron chi connectivity index (χ2n) is 5.83. The first-order valence-electron chi connectivity index (χ1n) is 7.44. The van der Waals surface area contributed by atoms with Crippen molar-refractivity contribution in [2.24, 2.45) is 0 Å². The molecule has 2 N–H and O–H groups in total. The van der Waals surface area contributed by atoms with Crippen molar-refractivity contribution >= 4 is 17.5 Å². The number of rotatable bonds is 3. The molecule has 0 bridgehead atoms. The first-order valence-corrected chi connectivity index (χ1v) is 7.82. The molecule has 1 unspecified atom stereocenters. The van der Waals surface area contributed by atoms with Crippen molar-refractivity contribution in [2.75, 3.05) is 19.7 Å². The Morgan fingerprint density at radius 1 is 1.43 bits per heavy atom. The molecular formula is C16H18ClN3O3. The Balaban J connectivity index is 1.82. The maximum absolute atomic E-state index is 12.6. The smallest absolute Gasteiger partial charge is 0.255 e. The van der Waals surface area contributed by atoms with E-state index in [1.165, 1.54) is 4.90 Å². The zero-order valence-electron chi connectivity index (χ0n) is 12.5. The van der Waals surface area contributed by atoms with Gasteiger partial charge in [0.2, 0.25) is 0 Å². The lowest BCUT2D eigenvalue weighted by molar-refractivity contribution is -0.0598. The Kier molecular flexibility index (Phi) is 4.39. The molecule has 1 fully saturated rings. The van der Waals surface area contributed by atoms with Crippen molar-refractivity contribution in [2.45, 2.75) is 18.4 Å². The standard InChI is InChI=1S/C16H18ClN3O3/c17-14-9-12(20-8-2-6-18-20)3-4-13(14)15(22)19-7-1-5-16(23,10-19)11-21/h2-4,6,8-9,21,23H,1,5,7,10-11H2. The van der Waals surface area contributed by atoms with E-state index in [4.69, 9.17) is 11.6 Å². The third-order valence-electron chi connectivity index (χ3n) is 4.09. The number of carbonyl (C=O) groups is 1. The Hall–Kier alpha value is -1.89. The van der Waals surface area contributed by atoms with Gasteiger partial charge in [0.1, 0.15) is 5.60 Å². The Morgan fingerprint density at radius 3 is 2.91 bits per heavy atom. The van der Waals surface area contributed by atoms with E-state index in [1.54, 1.807) is 41.3 Å². The van der Waals surface area contributed by atoms with Gasteiger partial charge < -0.3 is 15.1 Å². The number of aromatic nitrogens is 2. The lowest BCUT2D eigenvalue weighted by Gasteiger charge is -2.38. The Morgan fingerprint density at radius 2 is 2.26 bits per heavy atom. The number of hydrogen-bond acceptors (Lipinski definition) is 4. The fraction of sp³-hybridized carbons (Fsp3) is 0.375. The minimum absolute atomic E-state index is 0.111. The first kappa shape index (κ1) is 16.0. The second-order valence-corrected chi connectivity index (χ2v) is 6.23. The molecule has 1 aliphatic heterocycles. The highest BCUT2D eigenvalue weighted by Gasteiger charge is 2.35. The maximum Gasteiger partial charge on any atom is 0.255 e. The number of piperidine rings is 1. The third-order valence-corrected chi connectivity index (χ3v) is 4.40. The molecule has 1 saturated heterocycles. The molecule has 3 rings (SSSR count). The summed E-state index contributed by atoms with van der Waals surface area (Å²) in [5.74, 6) is -0.242. The molecule has 0 spiro atoms. The van der Waals surface area contributed by atoms with Crippen LogP contribution in [0.4, 0.5) is 0 Å². The lowest BCUT2D eigenvalue weighted by atomic mass is 9.93. The summed E-state index contributed by atoms with van der Waals surface area (Å²) in [6.45, 7) is 0.292. The molecule has 23 heavy (non-hydrogen) atoms. The number of likely N-dealkylation sites (tertiary alicyclic amines) is 1. The predicted octanol–water partition coefficient (Wildman–Crippen LogP) is 1.49. The predicted molar refractivity (Wildman–Crippen MR) is 85.7 cm³/mol. The second kappa shape index (κ2) is 6.31. The number of nitrogens with zero attached hydrogens (tertiary/aromatic N) is 3. The van der Waals surface area contributed by atoms with E-state index in [0.717, 1.165) is 5.69 Å². The summed E-state index contributed by atoms with van der Waals surface area (Å²) in [7, 11) is 0. The zero-order valence-corrected chi connectivity index (χ0v) is 13.3. The van der Waals surface area contributed by atoms with E-state index in [9.17, 15) is 15.0 Å². The molecule has 0 aliphatic carbocycles. The minimum Gasteiger partial charge on any atom is -0.393 e. The highest BCUT2D eigenvalue weighted by molar-refractivity contribution is 6.34. The van der Waals surface area contributed by atoms with Crippen molar-refractivity contribution in [3.8, 4) is 5.69 Å².